The fraction of sp³-hybridized carbons (Fsp3) is 0.533. The summed E-state index contributed by atoms with van der Waals surface area (Å²) in [5.74, 6) is 2.09. The summed E-state index contributed by atoms with van der Waals surface area (Å²) in [5.41, 5.74) is 2.30. The van der Waals surface area contributed by atoms with Crippen molar-refractivity contribution in [1.82, 2.24) is 15.1 Å². The molecule has 0 aliphatic carbocycles. The second kappa shape index (κ2) is 14.1. The van der Waals surface area contributed by atoms with E-state index in [1.807, 2.05) is 38.2 Å². The summed E-state index contributed by atoms with van der Waals surface area (Å²) in [6, 6.07) is 16.7. The summed E-state index contributed by atoms with van der Waals surface area (Å²) < 4.78 is 10.5. The molecule has 2 aromatic carbocycles. The molecule has 2 aliphatic rings. The molecular weight excluding hydrogens is 466 g/mol. The van der Waals surface area contributed by atoms with Crippen molar-refractivity contribution in [2.75, 3.05) is 47.4 Å². The summed E-state index contributed by atoms with van der Waals surface area (Å²) in [7, 11) is 5.39. The van der Waals surface area contributed by atoms with Crippen LogP contribution in [-0.2, 0) is 16.1 Å². The molecule has 0 bridgehead atoms. The van der Waals surface area contributed by atoms with Gasteiger partial charge in [-0.15, -0.1) is 0 Å². The summed E-state index contributed by atoms with van der Waals surface area (Å²) in [6.45, 7) is 6.41. The SMILES string of the molecule is CCC=O.CNC(CCN1CCC2(CC1)CCN(Cc1ccc(OC)cc1)C2=O)c1ccc(OC)cc1. The minimum absolute atomic E-state index is 0.151. The summed E-state index contributed by atoms with van der Waals surface area (Å²) in [5, 5.41) is 3.45. The van der Waals surface area contributed by atoms with Crippen LogP contribution in [0.25, 0.3) is 0 Å². The Hall–Kier alpha value is -2.90. The first-order chi connectivity index (χ1) is 18.0. The normalized spacial score (nSPS) is 17.7. The van der Waals surface area contributed by atoms with Gasteiger partial charge < -0.3 is 29.4 Å². The van der Waals surface area contributed by atoms with Crippen LogP contribution in [0.4, 0.5) is 0 Å². The van der Waals surface area contributed by atoms with E-state index < -0.39 is 0 Å². The average molecular weight is 510 g/mol. The van der Waals surface area contributed by atoms with Crippen molar-refractivity contribution in [2.24, 2.45) is 5.41 Å². The van der Waals surface area contributed by atoms with Gasteiger partial charge in [-0.2, -0.15) is 0 Å². The molecule has 0 aromatic heterocycles. The molecule has 7 nitrogen and oxygen atoms in total. The van der Waals surface area contributed by atoms with Crippen LogP contribution in [0, 0.1) is 5.41 Å². The van der Waals surface area contributed by atoms with Gasteiger partial charge in [-0.05, 0) is 87.8 Å². The number of piperidine rings is 1. The highest BCUT2D eigenvalue weighted by atomic mass is 16.5. The molecule has 202 valence electrons. The lowest BCUT2D eigenvalue weighted by Gasteiger charge is -2.38. The van der Waals surface area contributed by atoms with E-state index in [0.717, 1.165) is 75.2 Å². The van der Waals surface area contributed by atoms with Crippen LogP contribution in [0.3, 0.4) is 0 Å². The van der Waals surface area contributed by atoms with Gasteiger partial charge in [0.15, 0.2) is 0 Å². The minimum Gasteiger partial charge on any atom is -0.497 e. The van der Waals surface area contributed by atoms with Crippen molar-refractivity contribution < 1.29 is 19.1 Å². The number of methoxy groups -OCH3 is 2. The molecule has 2 aromatic rings. The lowest BCUT2D eigenvalue weighted by atomic mass is 9.77. The number of amides is 1. The Morgan fingerprint density at radius 2 is 1.49 bits per heavy atom. The van der Waals surface area contributed by atoms with Gasteiger partial charge in [0.2, 0.25) is 5.91 Å². The molecule has 0 radical (unpaired) electrons. The smallest absolute Gasteiger partial charge is 0.229 e. The quantitative estimate of drug-likeness (QED) is 0.477. The molecule has 1 spiro atoms. The van der Waals surface area contributed by atoms with Crippen LogP contribution in [0.2, 0.25) is 0 Å². The highest BCUT2D eigenvalue weighted by Gasteiger charge is 2.47. The van der Waals surface area contributed by atoms with Crippen LogP contribution in [0.15, 0.2) is 48.5 Å². The zero-order chi connectivity index (χ0) is 26.7. The summed E-state index contributed by atoms with van der Waals surface area (Å²) in [6.07, 6.45) is 5.49. The van der Waals surface area contributed by atoms with Crippen molar-refractivity contribution in [2.45, 2.75) is 51.6 Å². The number of carbonyl (C=O) groups is 2. The molecule has 7 heteroatoms. The lowest BCUT2D eigenvalue weighted by molar-refractivity contribution is -0.138. The van der Waals surface area contributed by atoms with E-state index >= 15 is 0 Å². The van der Waals surface area contributed by atoms with E-state index in [-0.39, 0.29) is 5.41 Å². The van der Waals surface area contributed by atoms with Gasteiger partial charge in [0.05, 0.1) is 19.6 Å². The molecular formula is C30H43N3O4. The highest BCUT2D eigenvalue weighted by molar-refractivity contribution is 5.85. The Labute approximate surface area is 222 Å². The van der Waals surface area contributed by atoms with E-state index in [0.29, 0.717) is 24.9 Å². The maximum Gasteiger partial charge on any atom is 0.229 e. The first-order valence-corrected chi connectivity index (χ1v) is 13.4. The van der Waals surface area contributed by atoms with E-state index in [1.54, 1.807) is 14.2 Å². The Morgan fingerprint density at radius 1 is 0.946 bits per heavy atom. The molecule has 2 saturated heterocycles. The highest BCUT2D eigenvalue weighted by Crippen LogP contribution is 2.42. The van der Waals surface area contributed by atoms with Gasteiger partial charge in [0.25, 0.3) is 0 Å². The van der Waals surface area contributed by atoms with Crippen LogP contribution >= 0.6 is 0 Å². The van der Waals surface area contributed by atoms with Crippen molar-refractivity contribution in [3.8, 4) is 11.5 Å². The first-order valence-electron chi connectivity index (χ1n) is 13.4. The average Bonchev–Trinajstić information content (AvgIpc) is 3.25. The third-order valence-corrected chi connectivity index (χ3v) is 7.71. The summed E-state index contributed by atoms with van der Waals surface area (Å²) >= 11 is 0. The zero-order valence-corrected chi connectivity index (χ0v) is 22.9. The lowest BCUT2D eigenvalue weighted by Crippen LogP contribution is -2.45. The standard InChI is InChI=1S/C27H37N3O3.C3H6O/c1-28-25(22-6-10-24(33-3)11-7-22)12-16-29-17-13-27(14-18-29)15-19-30(26(27)31)20-21-4-8-23(32-2)9-5-21;1-2-3-4/h4-11,25,28H,12-20H2,1-3H3;3H,2H2,1H3. The molecule has 2 fully saturated rings. The first kappa shape index (κ1) is 28.7. The summed E-state index contributed by atoms with van der Waals surface area (Å²) in [4.78, 5) is 27.1. The molecule has 0 saturated carbocycles. The third kappa shape index (κ3) is 7.55. The zero-order valence-electron chi connectivity index (χ0n) is 22.9. The molecule has 37 heavy (non-hydrogen) atoms. The molecule has 1 atom stereocenters. The van der Waals surface area contributed by atoms with Gasteiger partial charge in [0.1, 0.15) is 17.8 Å². The van der Waals surface area contributed by atoms with Gasteiger partial charge in [-0.1, -0.05) is 31.2 Å². The van der Waals surface area contributed by atoms with Crippen LogP contribution in [0.5, 0.6) is 11.5 Å². The molecule has 1 unspecified atom stereocenters. The third-order valence-electron chi connectivity index (χ3n) is 7.71. The monoisotopic (exact) mass is 509 g/mol. The number of benzene rings is 2. The molecule has 4 rings (SSSR count). The Kier molecular flexibility index (Phi) is 11.0. The van der Waals surface area contributed by atoms with E-state index in [9.17, 15) is 9.59 Å². The fourth-order valence-electron chi connectivity index (χ4n) is 5.29. The fourth-order valence-corrected chi connectivity index (χ4v) is 5.29. The van der Waals surface area contributed by atoms with E-state index in [2.05, 4.69) is 39.4 Å². The number of nitrogens with one attached hydrogen (secondary N) is 1. The van der Waals surface area contributed by atoms with Gasteiger partial charge in [0, 0.05) is 25.6 Å². The molecule has 1 amide bonds. The molecule has 1 N–H and O–H groups in total. The van der Waals surface area contributed by atoms with Gasteiger partial charge in [-0.25, -0.2) is 0 Å². The number of nitrogens with zero attached hydrogens (tertiary/aromatic N) is 2. The Morgan fingerprint density at radius 3 is 2.00 bits per heavy atom. The largest absolute Gasteiger partial charge is 0.497 e. The van der Waals surface area contributed by atoms with Crippen molar-refractivity contribution in [3.05, 3.63) is 59.7 Å². The van der Waals surface area contributed by atoms with Crippen molar-refractivity contribution >= 4 is 12.2 Å². The number of hydrogen-bond acceptors (Lipinski definition) is 6. The van der Waals surface area contributed by atoms with Crippen LogP contribution in [-0.4, -0.2) is 69.4 Å². The van der Waals surface area contributed by atoms with Gasteiger partial charge in [-0.3, -0.25) is 4.79 Å². The van der Waals surface area contributed by atoms with Crippen molar-refractivity contribution in [3.63, 3.8) is 0 Å². The number of carbonyl (C=O) groups excluding carboxylic acids is 2. The Bertz CT molecular complexity index is 969. The predicted molar refractivity (Wildman–Crippen MR) is 147 cm³/mol. The van der Waals surface area contributed by atoms with Crippen molar-refractivity contribution in [1.29, 1.82) is 0 Å². The number of aldehydes is 1. The number of ether oxygens (including phenoxy) is 2. The molecule has 2 heterocycles. The molecule has 2 aliphatic heterocycles. The maximum atomic E-state index is 13.3. The topological polar surface area (TPSA) is 71.1 Å². The number of hydrogen-bond donors (Lipinski definition) is 1. The number of likely N-dealkylation sites (tertiary alicyclic amines) is 2. The Balaban J connectivity index is 0.000000886. The van der Waals surface area contributed by atoms with E-state index in [1.165, 1.54) is 5.56 Å². The van der Waals surface area contributed by atoms with Crippen LogP contribution in [0.1, 0.15) is 56.2 Å². The maximum absolute atomic E-state index is 13.3. The second-order valence-corrected chi connectivity index (χ2v) is 9.92. The second-order valence-electron chi connectivity index (χ2n) is 9.92. The van der Waals surface area contributed by atoms with E-state index in [4.69, 9.17) is 9.47 Å². The number of rotatable bonds is 10. The predicted octanol–water partition coefficient (Wildman–Crippen LogP) is 4.46. The minimum atomic E-state index is -0.151. The van der Waals surface area contributed by atoms with Crippen LogP contribution < -0.4 is 14.8 Å². The van der Waals surface area contributed by atoms with Gasteiger partial charge >= 0.3 is 0 Å².